The lowest BCUT2D eigenvalue weighted by atomic mass is 10.0. The summed E-state index contributed by atoms with van der Waals surface area (Å²) in [5.41, 5.74) is 5.61. The van der Waals surface area contributed by atoms with E-state index in [1.165, 1.54) is 40.6 Å². The Balaban J connectivity index is 1.41. The number of carbonyl (C=O) groups excluding carboxylic acids is 1. The number of hydrogen-bond acceptors (Lipinski definition) is 2. The van der Waals surface area contributed by atoms with Crippen LogP contribution in [0.3, 0.4) is 0 Å². The second-order valence-electron chi connectivity index (χ2n) is 7.67. The zero-order valence-electron chi connectivity index (χ0n) is 16.5. The van der Waals surface area contributed by atoms with E-state index in [-0.39, 0.29) is 11.9 Å². The summed E-state index contributed by atoms with van der Waals surface area (Å²) in [5, 5.41) is 4.47. The van der Waals surface area contributed by atoms with E-state index in [1.807, 2.05) is 17.7 Å². The van der Waals surface area contributed by atoms with E-state index >= 15 is 0 Å². The Bertz CT molecular complexity index is 982. The predicted octanol–water partition coefficient (Wildman–Crippen LogP) is 3.71. The molecule has 1 atom stereocenters. The van der Waals surface area contributed by atoms with Crippen LogP contribution in [-0.4, -0.2) is 26.6 Å². The predicted molar refractivity (Wildman–Crippen MR) is 108 cm³/mol. The number of rotatable bonds is 6. The number of aromatic nitrogens is 3. The third-order valence-electron chi connectivity index (χ3n) is 5.90. The highest BCUT2D eigenvalue weighted by Gasteiger charge is 2.19. The maximum atomic E-state index is 12.4. The van der Waals surface area contributed by atoms with Crippen molar-refractivity contribution >= 4 is 16.8 Å². The summed E-state index contributed by atoms with van der Waals surface area (Å²) < 4.78 is 4.52. The molecule has 1 aromatic carbocycles. The van der Waals surface area contributed by atoms with Crippen LogP contribution in [-0.2, 0) is 24.2 Å². The molecule has 142 valence electrons. The van der Waals surface area contributed by atoms with Gasteiger partial charge < -0.3 is 14.5 Å². The number of benzene rings is 1. The molecule has 1 aliphatic heterocycles. The Morgan fingerprint density at radius 2 is 2.19 bits per heavy atom. The molecular weight excluding hydrogens is 336 g/mol. The van der Waals surface area contributed by atoms with Crippen LogP contribution >= 0.6 is 0 Å². The van der Waals surface area contributed by atoms with E-state index in [0.717, 1.165) is 18.8 Å². The number of carbonyl (C=O) groups is 1. The molecule has 1 aliphatic rings. The van der Waals surface area contributed by atoms with E-state index in [9.17, 15) is 4.79 Å². The van der Waals surface area contributed by atoms with Crippen LogP contribution in [0.2, 0.25) is 0 Å². The van der Waals surface area contributed by atoms with Crippen LogP contribution in [0.4, 0.5) is 0 Å². The summed E-state index contributed by atoms with van der Waals surface area (Å²) in [6.45, 7) is 8.03. The molecule has 0 bridgehead atoms. The number of para-hydroxylation sites is 1. The van der Waals surface area contributed by atoms with Crippen LogP contribution < -0.4 is 5.32 Å². The number of nitrogens with one attached hydrogen (secondary N) is 1. The van der Waals surface area contributed by atoms with Gasteiger partial charge in [-0.1, -0.05) is 18.2 Å². The number of aryl methyl sites for hydroxylation is 3. The summed E-state index contributed by atoms with van der Waals surface area (Å²) in [4.78, 5) is 16.6. The molecule has 0 radical (unpaired) electrons. The van der Waals surface area contributed by atoms with Gasteiger partial charge in [-0.3, -0.25) is 4.79 Å². The van der Waals surface area contributed by atoms with Crippen LogP contribution in [0.15, 0.2) is 30.6 Å². The van der Waals surface area contributed by atoms with Gasteiger partial charge in [-0.15, -0.1) is 0 Å². The lowest BCUT2D eigenvalue weighted by Crippen LogP contribution is -2.28. The molecule has 1 amide bonds. The fraction of sp³-hybridized carbons (Fsp3) is 0.455. The Labute approximate surface area is 160 Å². The van der Waals surface area contributed by atoms with Crippen molar-refractivity contribution in [2.75, 3.05) is 6.54 Å². The molecule has 3 aromatic rings. The lowest BCUT2D eigenvalue weighted by molar-refractivity contribution is -0.121. The van der Waals surface area contributed by atoms with Gasteiger partial charge in [0.25, 0.3) is 0 Å². The maximum absolute atomic E-state index is 12.4. The molecule has 2 aromatic heterocycles. The van der Waals surface area contributed by atoms with Crippen molar-refractivity contribution in [2.45, 2.75) is 59.0 Å². The largest absolute Gasteiger partial charge is 0.356 e. The molecule has 5 nitrogen and oxygen atoms in total. The topological polar surface area (TPSA) is 51.9 Å². The van der Waals surface area contributed by atoms with Crippen molar-refractivity contribution in [3.8, 4) is 0 Å². The summed E-state index contributed by atoms with van der Waals surface area (Å²) in [5.74, 6) is 1.04. The minimum atomic E-state index is 0.0991. The third kappa shape index (κ3) is 3.27. The first kappa shape index (κ1) is 17.8. The zero-order valence-corrected chi connectivity index (χ0v) is 16.5. The molecule has 1 unspecified atom stereocenters. The van der Waals surface area contributed by atoms with Crippen LogP contribution in [0.1, 0.15) is 48.5 Å². The second-order valence-corrected chi connectivity index (χ2v) is 7.67. The van der Waals surface area contributed by atoms with Crippen LogP contribution in [0.5, 0.6) is 0 Å². The monoisotopic (exact) mass is 364 g/mol. The standard InChI is InChI=1S/C22H28N4O/c1-15(25-13-11-23-17(25)3)14-21(27)24-10-9-19-16(2)26-12-5-7-18-6-4-8-20(19)22(18)26/h4,6,8,11,13,15H,5,7,9-10,12,14H2,1-3H3,(H,24,27). The molecule has 4 rings (SSSR count). The SMILES string of the molecule is Cc1nccn1C(C)CC(=O)NCCc1c(C)n2c3c(cccc13)CCC2. The minimum Gasteiger partial charge on any atom is -0.356 e. The zero-order chi connectivity index (χ0) is 19.0. The third-order valence-corrected chi connectivity index (χ3v) is 5.90. The normalized spacial score (nSPS) is 14.5. The fourth-order valence-corrected chi connectivity index (χ4v) is 4.52. The van der Waals surface area contributed by atoms with Crippen molar-refractivity contribution in [1.82, 2.24) is 19.4 Å². The highest BCUT2D eigenvalue weighted by molar-refractivity contribution is 5.88. The van der Waals surface area contributed by atoms with Gasteiger partial charge in [0.1, 0.15) is 5.82 Å². The molecule has 3 heterocycles. The average molecular weight is 364 g/mol. The summed E-state index contributed by atoms with van der Waals surface area (Å²) in [6, 6.07) is 6.77. The second kappa shape index (κ2) is 7.22. The maximum Gasteiger partial charge on any atom is 0.222 e. The van der Waals surface area contributed by atoms with Gasteiger partial charge in [-0.05, 0) is 51.2 Å². The first-order valence-corrected chi connectivity index (χ1v) is 9.92. The summed E-state index contributed by atoms with van der Waals surface area (Å²) in [6.07, 6.45) is 7.45. The molecule has 0 saturated heterocycles. The Morgan fingerprint density at radius 1 is 1.33 bits per heavy atom. The molecule has 5 heteroatoms. The minimum absolute atomic E-state index is 0.0991. The number of nitrogens with zero attached hydrogens (tertiary/aromatic N) is 3. The van der Waals surface area contributed by atoms with E-state index in [1.54, 1.807) is 6.20 Å². The van der Waals surface area contributed by atoms with Crippen molar-refractivity contribution in [1.29, 1.82) is 0 Å². The molecule has 0 spiro atoms. The molecule has 1 N–H and O–H groups in total. The van der Waals surface area contributed by atoms with Gasteiger partial charge >= 0.3 is 0 Å². The van der Waals surface area contributed by atoms with Gasteiger partial charge in [0.05, 0.1) is 5.52 Å². The van der Waals surface area contributed by atoms with E-state index in [2.05, 4.69) is 46.9 Å². The molecule has 0 saturated carbocycles. The lowest BCUT2D eigenvalue weighted by Gasteiger charge is -2.16. The Morgan fingerprint density at radius 3 is 2.96 bits per heavy atom. The fourth-order valence-electron chi connectivity index (χ4n) is 4.52. The number of amides is 1. The average Bonchev–Trinajstić information content (AvgIpc) is 3.20. The van der Waals surface area contributed by atoms with Gasteiger partial charge in [0.15, 0.2) is 0 Å². The van der Waals surface area contributed by atoms with Gasteiger partial charge in [0, 0.05) is 49.0 Å². The van der Waals surface area contributed by atoms with E-state index in [0.29, 0.717) is 13.0 Å². The van der Waals surface area contributed by atoms with Crippen LogP contribution in [0.25, 0.3) is 10.9 Å². The van der Waals surface area contributed by atoms with Crippen LogP contribution in [0, 0.1) is 13.8 Å². The number of imidazole rings is 1. The Kier molecular flexibility index (Phi) is 4.77. The summed E-state index contributed by atoms with van der Waals surface area (Å²) in [7, 11) is 0. The first-order valence-electron chi connectivity index (χ1n) is 9.92. The van der Waals surface area contributed by atoms with Gasteiger partial charge in [-0.2, -0.15) is 0 Å². The van der Waals surface area contributed by atoms with E-state index in [4.69, 9.17) is 0 Å². The highest BCUT2D eigenvalue weighted by Crippen LogP contribution is 2.32. The smallest absolute Gasteiger partial charge is 0.222 e. The van der Waals surface area contributed by atoms with Crippen molar-refractivity contribution in [3.63, 3.8) is 0 Å². The molecule has 0 fully saturated rings. The van der Waals surface area contributed by atoms with Gasteiger partial charge in [-0.25, -0.2) is 4.98 Å². The van der Waals surface area contributed by atoms with Crippen molar-refractivity contribution in [2.24, 2.45) is 0 Å². The molecule has 27 heavy (non-hydrogen) atoms. The molecule has 0 aliphatic carbocycles. The quantitative estimate of drug-likeness (QED) is 0.725. The Hall–Kier alpha value is -2.56. The molecular formula is C22H28N4O. The first-order chi connectivity index (χ1) is 13.1. The highest BCUT2D eigenvalue weighted by atomic mass is 16.1. The number of hydrogen-bond donors (Lipinski definition) is 1. The van der Waals surface area contributed by atoms with Crippen molar-refractivity contribution in [3.05, 3.63) is 53.2 Å². The summed E-state index contributed by atoms with van der Waals surface area (Å²) >= 11 is 0. The van der Waals surface area contributed by atoms with Crippen molar-refractivity contribution < 1.29 is 4.79 Å². The van der Waals surface area contributed by atoms with Gasteiger partial charge in [0.2, 0.25) is 5.91 Å². The van der Waals surface area contributed by atoms with E-state index < -0.39 is 0 Å².